The second-order valence-electron chi connectivity index (χ2n) is 9.41. The van der Waals surface area contributed by atoms with Crippen molar-refractivity contribution in [3.05, 3.63) is 126 Å². The van der Waals surface area contributed by atoms with Crippen LogP contribution in [0.15, 0.2) is 93.9 Å². The monoisotopic (exact) mass is 584 g/mol. The number of esters is 1. The molecule has 5 rings (SSSR count). The van der Waals surface area contributed by atoms with Gasteiger partial charge in [-0.3, -0.25) is 9.36 Å². The standard InChI is InChI=1S/C32H28N2O7S/c1-4-40-31(38)27-19(2)33-32-34(28(27)24-10-5-6-11-25(24)39-3)29(35)26(42-32)17-20-12-14-23(15-13-20)41-18-21-8-7-9-22(16-21)30(36)37/h5-17,28H,4,18H2,1-3H3,(H,36,37)/b26-17-/t28-/m1/s1. The van der Waals surface area contributed by atoms with Gasteiger partial charge in [0.1, 0.15) is 24.1 Å². The molecule has 1 aliphatic rings. The number of methoxy groups -OCH3 is 1. The first kappa shape index (κ1) is 28.6. The minimum absolute atomic E-state index is 0.188. The van der Waals surface area contributed by atoms with Gasteiger partial charge < -0.3 is 19.3 Å². The van der Waals surface area contributed by atoms with Gasteiger partial charge in [-0.1, -0.05) is 53.8 Å². The number of rotatable bonds is 9. The number of hydrogen-bond donors (Lipinski definition) is 1. The summed E-state index contributed by atoms with van der Waals surface area (Å²) in [6.45, 7) is 3.87. The number of aromatic carboxylic acids is 1. The number of nitrogens with zero attached hydrogens (tertiary/aromatic N) is 2. The van der Waals surface area contributed by atoms with Crippen molar-refractivity contribution in [1.29, 1.82) is 0 Å². The summed E-state index contributed by atoms with van der Waals surface area (Å²) in [7, 11) is 1.55. The molecule has 0 spiro atoms. The molecule has 9 nitrogen and oxygen atoms in total. The van der Waals surface area contributed by atoms with Crippen molar-refractivity contribution >= 4 is 29.4 Å². The molecule has 0 aliphatic carbocycles. The van der Waals surface area contributed by atoms with Gasteiger partial charge in [-0.15, -0.1) is 0 Å². The zero-order valence-corrected chi connectivity index (χ0v) is 24.0. The van der Waals surface area contributed by atoms with Crippen molar-refractivity contribution in [2.75, 3.05) is 13.7 Å². The van der Waals surface area contributed by atoms with E-state index in [0.29, 0.717) is 32.1 Å². The van der Waals surface area contributed by atoms with Gasteiger partial charge in [0.2, 0.25) is 0 Å². The third kappa shape index (κ3) is 5.75. The molecule has 0 radical (unpaired) electrons. The quantitative estimate of drug-likeness (QED) is 0.295. The van der Waals surface area contributed by atoms with Crippen molar-refractivity contribution in [3.8, 4) is 11.5 Å². The van der Waals surface area contributed by atoms with Gasteiger partial charge in [0.15, 0.2) is 4.80 Å². The normalized spacial score (nSPS) is 14.6. The number of ether oxygens (including phenoxy) is 3. The molecule has 1 N–H and O–H groups in total. The highest BCUT2D eigenvalue weighted by Gasteiger charge is 2.34. The predicted molar refractivity (Wildman–Crippen MR) is 158 cm³/mol. The summed E-state index contributed by atoms with van der Waals surface area (Å²) in [5.41, 5.74) is 2.84. The molecule has 1 aromatic heterocycles. The van der Waals surface area contributed by atoms with Crippen LogP contribution < -0.4 is 24.4 Å². The number of carboxylic acids is 1. The fourth-order valence-corrected chi connectivity index (χ4v) is 5.80. The molecule has 1 aliphatic heterocycles. The topological polar surface area (TPSA) is 116 Å². The Balaban J connectivity index is 1.48. The summed E-state index contributed by atoms with van der Waals surface area (Å²) in [4.78, 5) is 43.2. The summed E-state index contributed by atoms with van der Waals surface area (Å²) >= 11 is 1.24. The van der Waals surface area contributed by atoms with E-state index >= 15 is 0 Å². The van der Waals surface area contributed by atoms with Crippen molar-refractivity contribution in [2.45, 2.75) is 26.5 Å². The van der Waals surface area contributed by atoms with Crippen LogP contribution >= 0.6 is 11.3 Å². The molecule has 1 atom stereocenters. The molecule has 2 heterocycles. The Bertz CT molecular complexity index is 1870. The fourth-order valence-electron chi connectivity index (χ4n) is 4.75. The summed E-state index contributed by atoms with van der Waals surface area (Å²) in [5, 5.41) is 9.19. The van der Waals surface area contributed by atoms with Crippen LogP contribution in [0, 0.1) is 0 Å². The van der Waals surface area contributed by atoms with Crippen LogP contribution in [0.2, 0.25) is 0 Å². The Morgan fingerprint density at radius 1 is 1.07 bits per heavy atom. The molecular weight excluding hydrogens is 556 g/mol. The van der Waals surface area contributed by atoms with Gasteiger partial charge in [0, 0.05) is 5.56 Å². The molecule has 3 aromatic carbocycles. The molecule has 10 heteroatoms. The van der Waals surface area contributed by atoms with E-state index < -0.39 is 18.0 Å². The van der Waals surface area contributed by atoms with Crippen molar-refractivity contribution < 1.29 is 28.9 Å². The average Bonchev–Trinajstić information content (AvgIpc) is 3.30. The number of carboxylic acid groups (broad SMARTS) is 1. The molecule has 214 valence electrons. The summed E-state index contributed by atoms with van der Waals surface area (Å²) in [5.74, 6) is -0.388. The second kappa shape index (κ2) is 12.3. The van der Waals surface area contributed by atoms with Crippen LogP contribution in [-0.2, 0) is 16.1 Å². The smallest absolute Gasteiger partial charge is 0.338 e. The maximum absolute atomic E-state index is 13.8. The van der Waals surface area contributed by atoms with E-state index in [1.54, 1.807) is 63.4 Å². The number of fused-ring (bicyclic) bond motifs is 1. The Hall–Kier alpha value is -4.96. The summed E-state index contributed by atoms with van der Waals surface area (Å²) in [6.07, 6.45) is 1.77. The number of benzene rings is 3. The Kier molecular flexibility index (Phi) is 8.35. The van der Waals surface area contributed by atoms with Crippen LogP contribution in [0.5, 0.6) is 11.5 Å². The minimum atomic E-state index is -0.993. The van der Waals surface area contributed by atoms with E-state index in [1.807, 2.05) is 30.3 Å². The number of hydrogen-bond acceptors (Lipinski definition) is 8. The SMILES string of the molecule is CCOC(=O)C1=C(C)N=c2s/c(=C\c3ccc(OCc4cccc(C(=O)O)c4)cc3)c(=O)n2[C@@H]1c1ccccc1OC. The van der Waals surface area contributed by atoms with Gasteiger partial charge in [-0.2, -0.15) is 0 Å². The predicted octanol–water partition coefficient (Wildman–Crippen LogP) is 4.08. The summed E-state index contributed by atoms with van der Waals surface area (Å²) in [6, 6.07) is 20.3. The lowest BCUT2D eigenvalue weighted by Gasteiger charge is -2.25. The molecule has 0 saturated heterocycles. The van der Waals surface area contributed by atoms with E-state index in [9.17, 15) is 19.5 Å². The van der Waals surface area contributed by atoms with E-state index in [4.69, 9.17) is 14.2 Å². The van der Waals surface area contributed by atoms with Crippen LogP contribution in [0.1, 0.15) is 46.9 Å². The van der Waals surface area contributed by atoms with Gasteiger partial charge in [0.25, 0.3) is 5.56 Å². The molecule has 0 unspecified atom stereocenters. The first-order chi connectivity index (χ1) is 20.3. The maximum atomic E-state index is 13.8. The second-order valence-corrected chi connectivity index (χ2v) is 10.4. The largest absolute Gasteiger partial charge is 0.496 e. The van der Waals surface area contributed by atoms with Crippen LogP contribution in [0.3, 0.4) is 0 Å². The van der Waals surface area contributed by atoms with Gasteiger partial charge >= 0.3 is 11.9 Å². The number of carbonyl (C=O) groups excluding carboxylic acids is 1. The zero-order chi connectivity index (χ0) is 29.8. The molecule has 4 aromatic rings. The number of carbonyl (C=O) groups is 2. The number of thiazole rings is 1. The summed E-state index contributed by atoms with van der Waals surface area (Å²) < 4.78 is 18.7. The maximum Gasteiger partial charge on any atom is 0.338 e. The molecule has 0 amide bonds. The van der Waals surface area contributed by atoms with E-state index in [2.05, 4.69) is 4.99 Å². The minimum Gasteiger partial charge on any atom is -0.496 e. The van der Waals surface area contributed by atoms with Crippen molar-refractivity contribution in [1.82, 2.24) is 4.57 Å². The van der Waals surface area contributed by atoms with Crippen molar-refractivity contribution in [2.24, 2.45) is 4.99 Å². The molecule has 0 saturated carbocycles. The number of aromatic nitrogens is 1. The highest BCUT2D eigenvalue weighted by atomic mass is 32.1. The molecular formula is C32H28N2O7S. The third-order valence-electron chi connectivity index (χ3n) is 6.71. The Morgan fingerprint density at radius 3 is 2.55 bits per heavy atom. The fraction of sp³-hybridized carbons (Fsp3) is 0.188. The highest BCUT2D eigenvalue weighted by Crippen LogP contribution is 2.35. The van der Waals surface area contributed by atoms with Gasteiger partial charge in [-0.25, -0.2) is 14.6 Å². The van der Waals surface area contributed by atoms with Gasteiger partial charge in [-0.05, 0) is 61.4 Å². The number of para-hydroxylation sites is 1. The molecule has 0 fully saturated rings. The lowest BCUT2D eigenvalue weighted by molar-refractivity contribution is -0.139. The van der Waals surface area contributed by atoms with Gasteiger partial charge in [0.05, 0.1) is 35.1 Å². The lowest BCUT2D eigenvalue weighted by Crippen LogP contribution is -2.40. The van der Waals surface area contributed by atoms with Crippen LogP contribution in [0.4, 0.5) is 0 Å². The number of allylic oxidation sites excluding steroid dienone is 1. The Morgan fingerprint density at radius 2 is 1.83 bits per heavy atom. The first-order valence-corrected chi connectivity index (χ1v) is 14.0. The van der Waals surface area contributed by atoms with E-state index in [-0.39, 0.29) is 29.9 Å². The molecule has 42 heavy (non-hydrogen) atoms. The first-order valence-electron chi connectivity index (χ1n) is 13.2. The molecule has 0 bridgehead atoms. The van der Waals surface area contributed by atoms with Crippen molar-refractivity contribution in [3.63, 3.8) is 0 Å². The average molecular weight is 585 g/mol. The van der Waals surface area contributed by atoms with Crippen LogP contribution in [0.25, 0.3) is 6.08 Å². The third-order valence-corrected chi connectivity index (χ3v) is 7.69. The van der Waals surface area contributed by atoms with E-state index in [0.717, 1.165) is 11.1 Å². The van der Waals surface area contributed by atoms with Crippen LogP contribution in [-0.4, -0.2) is 35.3 Å². The lowest BCUT2D eigenvalue weighted by atomic mass is 9.95. The zero-order valence-electron chi connectivity index (χ0n) is 23.2. The van der Waals surface area contributed by atoms with E-state index in [1.165, 1.54) is 22.0 Å². The highest BCUT2D eigenvalue weighted by molar-refractivity contribution is 7.07. The Labute approximate surface area is 245 Å².